The van der Waals surface area contributed by atoms with Crippen molar-refractivity contribution in [1.82, 2.24) is 15.1 Å². The summed E-state index contributed by atoms with van der Waals surface area (Å²) in [5.74, 6) is -1.44. The zero-order valence-electron chi connectivity index (χ0n) is 13.1. The molecule has 1 aromatic heterocycles. The molecule has 0 aliphatic carbocycles. The molecule has 0 bridgehead atoms. The fourth-order valence-electron chi connectivity index (χ4n) is 1.61. The van der Waals surface area contributed by atoms with Crippen LogP contribution in [0.3, 0.4) is 0 Å². The SMILES string of the molecule is CC(C)(C)OC(=O)NC(C)(Cn1cc(C(F)(F)F)cn1)C(=O)O. The van der Waals surface area contributed by atoms with E-state index in [0.29, 0.717) is 12.4 Å². The Labute approximate surface area is 130 Å². The first kappa shape index (κ1) is 18.8. The van der Waals surface area contributed by atoms with E-state index < -0.39 is 41.5 Å². The van der Waals surface area contributed by atoms with Crippen molar-refractivity contribution in [3.05, 3.63) is 18.0 Å². The highest BCUT2D eigenvalue weighted by Crippen LogP contribution is 2.28. The molecule has 2 N–H and O–H groups in total. The summed E-state index contributed by atoms with van der Waals surface area (Å²) in [5, 5.41) is 14.9. The minimum atomic E-state index is -4.59. The van der Waals surface area contributed by atoms with Crippen LogP contribution in [0.4, 0.5) is 18.0 Å². The monoisotopic (exact) mass is 337 g/mol. The van der Waals surface area contributed by atoms with Crippen LogP contribution >= 0.6 is 0 Å². The number of carboxylic acids is 1. The number of carboxylic acid groups (broad SMARTS) is 1. The second kappa shape index (κ2) is 6.09. The van der Waals surface area contributed by atoms with Gasteiger partial charge >= 0.3 is 18.2 Å². The molecule has 0 saturated carbocycles. The lowest BCUT2D eigenvalue weighted by Gasteiger charge is -2.28. The van der Waals surface area contributed by atoms with Crippen LogP contribution in [0.1, 0.15) is 33.3 Å². The smallest absolute Gasteiger partial charge is 0.419 e. The molecule has 0 aromatic carbocycles. The topological polar surface area (TPSA) is 93.5 Å². The van der Waals surface area contributed by atoms with Crippen molar-refractivity contribution in [3.8, 4) is 0 Å². The number of hydrogen-bond acceptors (Lipinski definition) is 4. The van der Waals surface area contributed by atoms with Crippen molar-refractivity contribution in [2.24, 2.45) is 0 Å². The zero-order chi connectivity index (χ0) is 18.1. The van der Waals surface area contributed by atoms with Crippen molar-refractivity contribution >= 4 is 12.1 Å². The Bertz CT molecular complexity index is 592. The molecule has 0 radical (unpaired) electrons. The molecule has 1 rings (SSSR count). The maximum absolute atomic E-state index is 12.5. The van der Waals surface area contributed by atoms with E-state index >= 15 is 0 Å². The standard InChI is InChI=1S/C13H18F3N3O4/c1-11(2,3)23-10(22)18-12(4,9(20)21)7-19-6-8(5-17-19)13(14,15)16/h5-6H,7H2,1-4H3,(H,18,22)(H,20,21). The number of carbonyl (C=O) groups excluding carboxylic acids is 1. The van der Waals surface area contributed by atoms with Gasteiger partial charge in [0.15, 0.2) is 5.54 Å². The molecule has 1 atom stereocenters. The minimum absolute atomic E-state index is 0.502. The van der Waals surface area contributed by atoms with Crippen molar-refractivity contribution in [1.29, 1.82) is 0 Å². The van der Waals surface area contributed by atoms with Crippen LogP contribution < -0.4 is 5.32 Å². The Balaban J connectivity index is 2.91. The lowest BCUT2D eigenvalue weighted by atomic mass is 10.0. The summed E-state index contributed by atoms with van der Waals surface area (Å²) in [4.78, 5) is 23.1. The maximum Gasteiger partial charge on any atom is 0.419 e. The van der Waals surface area contributed by atoms with E-state index in [-0.39, 0.29) is 0 Å². The first-order valence-electron chi connectivity index (χ1n) is 6.57. The molecule has 0 spiro atoms. The van der Waals surface area contributed by atoms with Crippen LogP contribution in [0.15, 0.2) is 12.4 Å². The van der Waals surface area contributed by atoms with Gasteiger partial charge in [-0.25, -0.2) is 9.59 Å². The van der Waals surface area contributed by atoms with Gasteiger partial charge in [0.05, 0.1) is 18.3 Å². The van der Waals surface area contributed by atoms with E-state index in [1.54, 1.807) is 20.8 Å². The van der Waals surface area contributed by atoms with E-state index in [1.165, 1.54) is 0 Å². The Morgan fingerprint density at radius 1 is 1.30 bits per heavy atom. The van der Waals surface area contributed by atoms with Crippen molar-refractivity contribution in [2.45, 2.75) is 51.6 Å². The molecular formula is C13H18F3N3O4. The molecule has 1 amide bonds. The number of halogens is 3. The number of aromatic nitrogens is 2. The van der Waals surface area contributed by atoms with Gasteiger partial charge in [-0.15, -0.1) is 0 Å². The van der Waals surface area contributed by atoms with Gasteiger partial charge in [-0.3, -0.25) is 4.68 Å². The molecule has 1 heterocycles. The number of alkyl halides is 3. The average Bonchev–Trinajstić information content (AvgIpc) is 2.73. The summed E-state index contributed by atoms with van der Waals surface area (Å²) in [6, 6.07) is 0. The normalized spacial score (nSPS) is 14.9. The van der Waals surface area contributed by atoms with E-state index in [4.69, 9.17) is 4.74 Å². The molecule has 1 unspecified atom stereocenters. The third-order valence-corrected chi connectivity index (χ3v) is 2.69. The van der Waals surface area contributed by atoms with Crippen LogP contribution in [0.2, 0.25) is 0 Å². The Morgan fingerprint density at radius 2 is 1.87 bits per heavy atom. The van der Waals surface area contributed by atoms with E-state index in [2.05, 4.69) is 10.4 Å². The van der Waals surface area contributed by atoms with Crippen LogP contribution in [-0.2, 0) is 22.3 Å². The van der Waals surface area contributed by atoms with Gasteiger partial charge in [0, 0.05) is 6.20 Å². The summed E-state index contributed by atoms with van der Waals surface area (Å²) in [7, 11) is 0. The van der Waals surface area contributed by atoms with Gasteiger partial charge in [0.25, 0.3) is 0 Å². The van der Waals surface area contributed by atoms with Crippen LogP contribution in [-0.4, -0.2) is 38.1 Å². The number of carbonyl (C=O) groups is 2. The number of nitrogens with zero attached hydrogens (tertiary/aromatic N) is 2. The highest BCUT2D eigenvalue weighted by Gasteiger charge is 2.38. The molecule has 0 saturated heterocycles. The third-order valence-electron chi connectivity index (χ3n) is 2.69. The van der Waals surface area contributed by atoms with Crippen molar-refractivity contribution < 1.29 is 32.6 Å². The Morgan fingerprint density at radius 3 is 2.26 bits per heavy atom. The van der Waals surface area contributed by atoms with E-state index in [9.17, 15) is 27.9 Å². The Hall–Kier alpha value is -2.26. The number of aliphatic carboxylic acids is 1. The number of alkyl carbamates (subject to hydrolysis) is 1. The number of rotatable bonds is 4. The molecule has 10 heteroatoms. The van der Waals surface area contributed by atoms with Gasteiger partial charge in [0.1, 0.15) is 5.60 Å². The molecule has 0 aliphatic heterocycles. The number of ether oxygens (including phenoxy) is 1. The first-order valence-corrected chi connectivity index (χ1v) is 6.57. The number of amides is 1. The lowest BCUT2D eigenvalue weighted by molar-refractivity contribution is -0.144. The molecular weight excluding hydrogens is 319 g/mol. The highest BCUT2D eigenvalue weighted by molar-refractivity contribution is 5.83. The maximum atomic E-state index is 12.5. The van der Waals surface area contributed by atoms with Gasteiger partial charge in [0.2, 0.25) is 0 Å². The number of nitrogens with one attached hydrogen (secondary N) is 1. The first-order chi connectivity index (χ1) is 10.2. The quantitative estimate of drug-likeness (QED) is 0.879. The summed E-state index contributed by atoms with van der Waals surface area (Å²) in [6.45, 7) is 5.42. The largest absolute Gasteiger partial charge is 0.479 e. The summed E-state index contributed by atoms with van der Waals surface area (Å²) in [6.07, 6.45) is -4.34. The molecule has 0 fully saturated rings. The third kappa shape index (κ3) is 5.46. The van der Waals surface area contributed by atoms with Gasteiger partial charge in [-0.2, -0.15) is 18.3 Å². The second-order valence-electron chi connectivity index (χ2n) is 6.19. The molecule has 1 aromatic rings. The predicted octanol–water partition coefficient (Wildman–Crippen LogP) is 2.27. The van der Waals surface area contributed by atoms with Gasteiger partial charge in [-0.05, 0) is 27.7 Å². The molecule has 7 nitrogen and oxygen atoms in total. The van der Waals surface area contributed by atoms with Crippen LogP contribution in [0.25, 0.3) is 0 Å². The van der Waals surface area contributed by atoms with Crippen LogP contribution in [0.5, 0.6) is 0 Å². The Kier molecular flexibility index (Phi) is 4.97. The lowest BCUT2D eigenvalue weighted by Crippen LogP contribution is -2.56. The fourth-order valence-corrected chi connectivity index (χ4v) is 1.61. The average molecular weight is 337 g/mol. The summed E-state index contributed by atoms with van der Waals surface area (Å²) >= 11 is 0. The van der Waals surface area contributed by atoms with Crippen molar-refractivity contribution in [3.63, 3.8) is 0 Å². The number of hydrogen-bond donors (Lipinski definition) is 2. The fraction of sp³-hybridized carbons (Fsp3) is 0.615. The predicted molar refractivity (Wildman–Crippen MR) is 72.6 cm³/mol. The molecule has 0 aliphatic rings. The van der Waals surface area contributed by atoms with Crippen LogP contribution in [0, 0.1) is 0 Å². The van der Waals surface area contributed by atoms with E-state index in [0.717, 1.165) is 11.6 Å². The minimum Gasteiger partial charge on any atom is -0.479 e. The van der Waals surface area contributed by atoms with Gasteiger partial charge in [-0.1, -0.05) is 0 Å². The van der Waals surface area contributed by atoms with Crippen molar-refractivity contribution in [2.75, 3.05) is 0 Å². The molecule has 23 heavy (non-hydrogen) atoms. The zero-order valence-corrected chi connectivity index (χ0v) is 13.1. The summed E-state index contributed by atoms with van der Waals surface area (Å²) < 4.78 is 43.3. The second-order valence-corrected chi connectivity index (χ2v) is 6.19. The van der Waals surface area contributed by atoms with Gasteiger partial charge < -0.3 is 15.2 Å². The highest BCUT2D eigenvalue weighted by atomic mass is 19.4. The summed E-state index contributed by atoms with van der Waals surface area (Å²) in [5.41, 5.74) is -3.75. The van der Waals surface area contributed by atoms with E-state index in [1.807, 2.05) is 0 Å². The molecule has 130 valence electrons.